The van der Waals surface area contributed by atoms with Gasteiger partial charge in [-0.2, -0.15) is 5.26 Å². The van der Waals surface area contributed by atoms with Gasteiger partial charge in [-0.1, -0.05) is 6.07 Å². The van der Waals surface area contributed by atoms with Crippen molar-refractivity contribution in [2.75, 3.05) is 38.1 Å². The quantitative estimate of drug-likeness (QED) is 0.838. The number of halogens is 1. The zero-order valence-corrected chi connectivity index (χ0v) is 16.0. The lowest BCUT2D eigenvalue weighted by molar-refractivity contribution is 0.0746. The van der Waals surface area contributed by atoms with Crippen molar-refractivity contribution >= 4 is 21.6 Å². The molecule has 1 N–H and O–H groups in total. The van der Waals surface area contributed by atoms with E-state index in [0.717, 1.165) is 0 Å². The van der Waals surface area contributed by atoms with Crippen molar-refractivity contribution in [1.82, 2.24) is 9.62 Å². The summed E-state index contributed by atoms with van der Waals surface area (Å²) in [5, 5.41) is 8.82. The Balaban J connectivity index is 1.70. The molecule has 1 aliphatic heterocycles. The molecular weight excluding hydrogens is 383 g/mol. The standard InChI is InChI=1S/C19H19FN4O3S/c1-22-28(26,27)17-4-2-3-14(11-17)19(25)24-9-7-23(8-10-24)16-6-5-15(13-21)18(20)12-16/h2-6,11-12,22H,7-10H2,1H3. The fourth-order valence-electron chi connectivity index (χ4n) is 3.06. The van der Waals surface area contributed by atoms with Crippen LogP contribution < -0.4 is 9.62 Å². The zero-order chi connectivity index (χ0) is 20.3. The lowest BCUT2D eigenvalue weighted by Crippen LogP contribution is -2.48. The molecule has 1 amide bonds. The SMILES string of the molecule is CNS(=O)(=O)c1cccc(C(=O)N2CCN(c3ccc(C#N)c(F)c3)CC2)c1. The topological polar surface area (TPSA) is 93.5 Å². The number of sulfonamides is 1. The number of carbonyl (C=O) groups excluding carboxylic acids is 1. The van der Waals surface area contributed by atoms with Crippen molar-refractivity contribution in [2.45, 2.75) is 4.90 Å². The molecule has 0 aromatic heterocycles. The highest BCUT2D eigenvalue weighted by atomic mass is 32.2. The van der Waals surface area contributed by atoms with Crippen LogP contribution in [-0.4, -0.2) is 52.5 Å². The smallest absolute Gasteiger partial charge is 0.254 e. The van der Waals surface area contributed by atoms with Gasteiger partial charge in [0, 0.05) is 37.4 Å². The Bertz CT molecular complexity index is 1040. The van der Waals surface area contributed by atoms with Gasteiger partial charge in [-0.3, -0.25) is 4.79 Å². The van der Waals surface area contributed by atoms with Gasteiger partial charge in [-0.05, 0) is 43.4 Å². The molecule has 0 spiro atoms. The van der Waals surface area contributed by atoms with Crippen LogP contribution in [0.3, 0.4) is 0 Å². The molecule has 2 aromatic rings. The van der Waals surface area contributed by atoms with Gasteiger partial charge in [0.2, 0.25) is 10.0 Å². The Morgan fingerprint density at radius 2 is 1.86 bits per heavy atom. The number of nitrogens with zero attached hydrogens (tertiary/aromatic N) is 3. The normalized spacial score (nSPS) is 14.6. The van der Waals surface area contributed by atoms with E-state index in [4.69, 9.17) is 5.26 Å². The number of amides is 1. The highest BCUT2D eigenvalue weighted by Crippen LogP contribution is 2.21. The number of anilines is 1. The third-order valence-electron chi connectivity index (χ3n) is 4.67. The van der Waals surface area contributed by atoms with Crippen LogP contribution >= 0.6 is 0 Å². The molecule has 0 bridgehead atoms. The van der Waals surface area contributed by atoms with Gasteiger partial charge >= 0.3 is 0 Å². The first-order chi connectivity index (χ1) is 13.4. The van der Waals surface area contributed by atoms with Crippen LogP contribution in [0.5, 0.6) is 0 Å². The lowest BCUT2D eigenvalue weighted by Gasteiger charge is -2.36. The van der Waals surface area contributed by atoms with Crippen LogP contribution in [0.1, 0.15) is 15.9 Å². The average molecular weight is 402 g/mol. The van der Waals surface area contributed by atoms with Gasteiger partial charge < -0.3 is 9.80 Å². The van der Waals surface area contributed by atoms with E-state index < -0.39 is 15.8 Å². The maximum atomic E-state index is 13.8. The van der Waals surface area contributed by atoms with Crippen molar-refractivity contribution < 1.29 is 17.6 Å². The van der Waals surface area contributed by atoms with Crippen LogP contribution in [0.15, 0.2) is 47.4 Å². The Hall–Kier alpha value is -2.96. The molecule has 2 aromatic carbocycles. The van der Waals surface area contributed by atoms with Gasteiger partial charge in [0.15, 0.2) is 0 Å². The summed E-state index contributed by atoms with van der Waals surface area (Å²) < 4.78 is 39.9. The van der Waals surface area contributed by atoms with Gasteiger partial charge in [0.25, 0.3) is 5.91 Å². The minimum absolute atomic E-state index is 0.00559. The van der Waals surface area contributed by atoms with Crippen LogP contribution in [0.2, 0.25) is 0 Å². The van der Waals surface area contributed by atoms with Crippen molar-refractivity contribution in [3.63, 3.8) is 0 Å². The van der Waals surface area contributed by atoms with E-state index >= 15 is 0 Å². The molecule has 1 heterocycles. The highest BCUT2D eigenvalue weighted by Gasteiger charge is 2.24. The Kier molecular flexibility index (Phi) is 5.63. The van der Waals surface area contributed by atoms with Gasteiger partial charge in [0.1, 0.15) is 11.9 Å². The van der Waals surface area contributed by atoms with E-state index in [2.05, 4.69) is 4.72 Å². The number of rotatable bonds is 4. The molecule has 7 nitrogen and oxygen atoms in total. The van der Waals surface area contributed by atoms with E-state index in [0.29, 0.717) is 37.4 Å². The first kappa shape index (κ1) is 19.8. The van der Waals surface area contributed by atoms with E-state index in [-0.39, 0.29) is 16.4 Å². The summed E-state index contributed by atoms with van der Waals surface area (Å²) in [6, 6.07) is 12.1. The third kappa shape index (κ3) is 3.98. The molecule has 0 unspecified atom stereocenters. The number of hydrogen-bond acceptors (Lipinski definition) is 5. The molecule has 0 radical (unpaired) electrons. The molecule has 0 saturated carbocycles. The van der Waals surface area contributed by atoms with Crippen LogP contribution in [0.25, 0.3) is 0 Å². The first-order valence-corrected chi connectivity index (χ1v) is 10.1. The van der Waals surface area contributed by atoms with Crippen LogP contribution in [-0.2, 0) is 10.0 Å². The van der Waals surface area contributed by atoms with Crippen molar-refractivity contribution in [3.8, 4) is 6.07 Å². The minimum Gasteiger partial charge on any atom is -0.368 e. The van der Waals surface area contributed by atoms with Crippen molar-refractivity contribution in [3.05, 3.63) is 59.4 Å². The Labute approximate surface area is 163 Å². The average Bonchev–Trinajstić information content (AvgIpc) is 2.73. The maximum absolute atomic E-state index is 13.8. The Morgan fingerprint density at radius 1 is 1.14 bits per heavy atom. The molecule has 3 rings (SSSR count). The van der Waals surface area contributed by atoms with E-state index in [1.165, 1.54) is 37.4 Å². The molecular formula is C19H19FN4O3S. The monoisotopic (exact) mass is 402 g/mol. The highest BCUT2D eigenvalue weighted by molar-refractivity contribution is 7.89. The largest absolute Gasteiger partial charge is 0.368 e. The zero-order valence-electron chi connectivity index (χ0n) is 15.2. The maximum Gasteiger partial charge on any atom is 0.254 e. The first-order valence-electron chi connectivity index (χ1n) is 8.63. The van der Waals surface area contributed by atoms with Gasteiger partial charge in [0.05, 0.1) is 10.5 Å². The predicted molar refractivity (Wildman–Crippen MR) is 102 cm³/mol. The summed E-state index contributed by atoms with van der Waals surface area (Å²) in [4.78, 5) is 16.4. The van der Waals surface area contributed by atoms with Crippen LogP contribution in [0.4, 0.5) is 10.1 Å². The summed E-state index contributed by atoms with van der Waals surface area (Å²) in [6.45, 7) is 1.85. The predicted octanol–water partition coefficient (Wildman–Crippen LogP) is 1.57. The molecule has 0 atom stereocenters. The second-order valence-electron chi connectivity index (χ2n) is 6.29. The third-order valence-corrected chi connectivity index (χ3v) is 6.08. The van der Waals surface area contributed by atoms with E-state index in [1.807, 2.05) is 4.90 Å². The second kappa shape index (κ2) is 7.96. The fraction of sp³-hybridized carbons (Fsp3) is 0.263. The molecule has 28 heavy (non-hydrogen) atoms. The molecule has 146 valence electrons. The Morgan fingerprint density at radius 3 is 2.46 bits per heavy atom. The van der Waals surface area contributed by atoms with Crippen LogP contribution in [0, 0.1) is 17.1 Å². The number of nitriles is 1. The summed E-state index contributed by atoms with van der Waals surface area (Å²) in [6.07, 6.45) is 0. The summed E-state index contributed by atoms with van der Waals surface area (Å²) in [5.74, 6) is -0.820. The molecule has 9 heteroatoms. The number of benzene rings is 2. The van der Waals surface area contributed by atoms with Gasteiger partial charge in [-0.25, -0.2) is 17.5 Å². The number of carbonyl (C=O) groups is 1. The van der Waals surface area contributed by atoms with Gasteiger partial charge in [-0.15, -0.1) is 0 Å². The van der Waals surface area contributed by atoms with E-state index in [1.54, 1.807) is 23.1 Å². The number of hydrogen-bond donors (Lipinski definition) is 1. The molecule has 1 saturated heterocycles. The molecule has 1 aliphatic rings. The number of piperazine rings is 1. The number of nitrogens with one attached hydrogen (secondary N) is 1. The fourth-order valence-corrected chi connectivity index (χ4v) is 3.83. The lowest BCUT2D eigenvalue weighted by atomic mass is 10.1. The summed E-state index contributed by atoms with van der Waals surface area (Å²) in [7, 11) is -2.31. The van der Waals surface area contributed by atoms with E-state index in [9.17, 15) is 17.6 Å². The van der Waals surface area contributed by atoms with Crippen molar-refractivity contribution in [1.29, 1.82) is 5.26 Å². The molecule has 1 fully saturated rings. The molecule has 0 aliphatic carbocycles. The summed E-state index contributed by atoms with van der Waals surface area (Å²) >= 11 is 0. The summed E-state index contributed by atoms with van der Waals surface area (Å²) in [5.41, 5.74) is 0.953. The second-order valence-corrected chi connectivity index (χ2v) is 8.18. The minimum atomic E-state index is -3.63. The van der Waals surface area contributed by atoms with Crippen molar-refractivity contribution in [2.24, 2.45) is 0 Å².